The molecule has 1 unspecified atom stereocenters. The number of nitrogens with zero attached hydrogens (tertiary/aromatic N) is 4. The minimum atomic E-state index is 0.189. The first-order valence-corrected chi connectivity index (χ1v) is 9.58. The highest BCUT2D eigenvalue weighted by atomic mass is 16.5. The van der Waals surface area contributed by atoms with Gasteiger partial charge < -0.3 is 9.64 Å². The molecule has 3 atom stereocenters. The molecule has 0 aliphatic carbocycles. The fraction of sp³-hybridized carbons (Fsp3) is 0.524. The maximum absolute atomic E-state index is 9.38. The van der Waals surface area contributed by atoms with Crippen molar-refractivity contribution in [1.82, 2.24) is 9.88 Å². The van der Waals surface area contributed by atoms with Crippen LogP contribution >= 0.6 is 0 Å². The zero-order chi connectivity index (χ0) is 18.1. The summed E-state index contributed by atoms with van der Waals surface area (Å²) in [5, 5.41) is 10.4. The van der Waals surface area contributed by atoms with E-state index in [1.54, 1.807) is 6.20 Å². The van der Waals surface area contributed by atoms with Gasteiger partial charge in [-0.1, -0.05) is 0 Å². The summed E-state index contributed by atoms with van der Waals surface area (Å²) in [5.74, 6) is 0. The fourth-order valence-electron chi connectivity index (χ4n) is 4.39. The average molecular weight is 350 g/mol. The molecular formula is C21H26N4O. The van der Waals surface area contributed by atoms with Crippen molar-refractivity contribution < 1.29 is 4.74 Å². The van der Waals surface area contributed by atoms with E-state index in [0.717, 1.165) is 36.2 Å². The second kappa shape index (κ2) is 7.22. The molecule has 0 bridgehead atoms. The molecule has 2 aromatic rings. The molecule has 0 saturated carbocycles. The lowest BCUT2D eigenvalue weighted by atomic mass is 10.1. The van der Waals surface area contributed by atoms with Crippen LogP contribution in [-0.2, 0) is 4.74 Å². The van der Waals surface area contributed by atoms with Crippen LogP contribution in [0, 0.1) is 11.3 Å². The number of anilines is 1. The number of benzene rings is 1. The largest absolute Gasteiger partial charge is 0.370 e. The molecule has 1 aromatic carbocycles. The van der Waals surface area contributed by atoms with Gasteiger partial charge in [-0.2, -0.15) is 5.26 Å². The number of fused-ring (bicyclic) bond motifs is 1. The fourth-order valence-corrected chi connectivity index (χ4v) is 4.39. The summed E-state index contributed by atoms with van der Waals surface area (Å²) in [7, 11) is 0. The molecular weight excluding hydrogens is 324 g/mol. The van der Waals surface area contributed by atoms with Crippen molar-refractivity contribution in [1.29, 1.82) is 5.26 Å². The zero-order valence-corrected chi connectivity index (χ0v) is 15.6. The van der Waals surface area contributed by atoms with E-state index in [1.807, 2.05) is 12.1 Å². The summed E-state index contributed by atoms with van der Waals surface area (Å²) in [5.41, 5.74) is 2.58. The van der Waals surface area contributed by atoms with E-state index in [-0.39, 0.29) is 12.2 Å². The van der Waals surface area contributed by atoms with Crippen molar-refractivity contribution in [3.05, 3.63) is 36.0 Å². The summed E-state index contributed by atoms with van der Waals surface area (Å²) in [6, 6.07) is 10.9. The molecule has 5 heteroatoms. The summed E-state index contributed by atoms with van der Waals surface area (Å²) in [6.07, 6.45) is 4.74. The minimum absolute atomic E-state index is 0.189. The molecule has 0 N–H and O–H groups in total. The maximum atomic E-state index is 9.38. The van der Waals surface area contributed by atoms with Gasteiger partial charge in [-0.05, 0) is 57.5 Å². The number of aromatic nitrogens is 1. The van der Waals surface area contributed by atoms with Crippen LogP contribution in [0.2, 0.25) is 0 Å². The normalized spacial score (nSPS) is 27.0. The molecule has 5 nitrogen and oxygen atoms in total. The van der Waals surface area contributed by atoms with E-state index in [0.29, 0.717) is 11.6 Å². The Hall–Kier alpha value is -2.16. The first-order chi connectivity index (χ1) is 12.7. The van der Waals surface area contributed by atoms with Crippen LogP contribution in [-0.4, -0.2) is 54.3 Å². The van der Waals surface area contributed by atoms with Crippen LogP contribution in [0.5, 0.6) is 0 Å². The Morgan fingerprint density at radius 3 is 2.92 bits per heavy atom. The monoisotopic (exact) mass is 350 g/mol. The van der Waals surface area contributed by atoms with E-state index < -0.39 is 0 Å². The summed E-state index contributed by atoms with van der Waals surface area (Å²) in [4.78, 5) is 9.41. The number of rotatable bonds is 3. The van der Waals surface area contributed by atoms with Gasteiger partial charge in [0.15, 0.2) is 0 Å². The second-order valence-electron chi connectivity index (χ2n) is 7.60. The molecule has 2 aliphatic heterocycles. The Kier molecular flexibility index (Phi) is 4.80. The third-order valence-corrected chi connectivity index (χ3v) is 5.66. The molecule has 3 heterocycles. The van der Waals surface area contributed by atoms with E-state index >= 15 is 0 Å². The van der Waals surface area contributed by atoms with Gasteiger partial charge in [0.1, 0.15) is 6.07 Å². The molecule has 2 aliphatic rings. The van der Waals surface area contributed by atoms with Gasteiger partial charge >= 0.3 is 0 Å². The first-order valence-electron chi connectivity index (χ1n) is 9.58. The predicted octanol–water partition coefficient (Wildman–Crippen LogP) is 3.18. The number of ether oxygens (including phenoxy) is 1. The Balaban J connectivity index is 1.61. The highest BCUT2D eigenvalue weighted by molar-refractivity contribution is 5.95. The predicted molar refractivity (Wildman–Crippen MR) is 103 cm³/mol. The lowest BCUT2D eigenvalue weighted by Crippen LogP contribution is -2.51. The molecule has 2 saturated heterocycles. The average Bonchev–Trinajstić information content (AvgIpc) is 3.05. The van der Waals surface area contributed by atoms with Crippen LogP contribution in [0.15, 0.2) is 30.5 Å². The number of nitriles is 1. The molecule has 136 valence electrons. The van der Waals surface area contributed by atoms with Crippen molar-refractivity contribution in [2.24, 2.45) is 0 Å². The molecule has 0 radical (unpaired) electrons. The van der Waals surface area contributed by atoms with Gasteiger partial charge in [0.05, 0.1) is 23.3 Å². The molecule has 1 aromatic heterocycles. The number of likely N-dealkylation sites (tertiary alicyclic amines) is 1. The van der Waals surface area contributed by atoms with Crippen LogP contribution in [0.25, 0.3) is 10.9 Å². The second-order valence-corrected chi connectivity index (χ2v) is 7.60. The van der Waals surface area contributed by atoms with Crippen molar-refractivity contribution in [3.63, 3.8) is 0 Å². The molecule has 2 fully saturated rings. The maximum Gasteiger partial charge on any atom is 0.101 e. The summed E-state index contributed by atoms with van der Waals surface area (Å²) < 4.78 is 6.25. The third kappa shape index (κ3) is 3.27. The number of hydrogen-bond acceptors (Lipinski definition) is 5. The lowest BCUT2D eigenvalue weighted by molar-refractivity contribution is -0.0331. The minimum Gasteiger partial charge on any atom is -0.370 e. The number of morpholine rings is 1. The Bertz CT molecular complexity index is 830. The Morgan fingerprint density at radius 2 is 2.15 bits per heavy atom. The highest BCUT2D eigenvalue weighted by Gasteiger charge is 2.30. The Labute approximate surface area is 155 Å². The Morgan fingerprint density at radius 1 is 1.27 bits per heavy atom. The SMILES string of the molecule is CC1CCCN1C[C@H]1CN(c2ccc(C#N)c3ncccc23)C[C@@H](C)O1. The van der Waals surface area contributed by atoms with Gasteiger partial charge in [-0.15, -0.1) is 0 Å². The van der Waals surface area contributed by atoms with Crippen molar-refractivity contribution >= 4 is 16.6 Å². The van der Waals surface area contributed by atoms with E-state index in [1.165, 1.54) is 19.4 Å². The van der Waals surface area contributed by atoms with Crippen molar-refractivity contribution in [2.75, 3.05) is 31.1 Å². The van der Waals surface area contributed by atoms with E-state index in [2.05, 4.69) is 46.8 Å². The van der Waals surface area contributed by atoms with Crippen molar-refractivity contribution in [3.8, 4) is 6.07 Å². The van der Waals surface area contributed by atoms with Crippen molar-refractivity contribution in [2.45, 2.75) is 44.9 Å². The lowest BCUT2D eigenvalue weighted by Gasteiger charge is -2.40. The van der Waals surface area contributed by atoms with Crippen LogP contribution in [0.4, 0.5) is 5.69 Å². The van der Waals surface area contributed by atoms with E-state index in [9.17, 15) is 5.26 Å². The first kappa shape index (κ1) is 17.3. The third-order valence-electron chi connectivity index (χ3n) is 5.66. The molecule has 26 heavy (non-hydrogen) atoms. The quantitative estimate of drug-likeness (QED) is 0.851. The van der Waals surface area contributed by atoms with E-state index in [4.69, 9.17) is 4.74 Å². The smallest absolute Gasteiger partial charge is 0.101 e. The number of hydrogen-bond donors (Lipinski definition) is 0. The van der Waals surface area contributed by atoms with Gasteiger partial charge in [0.25, 0.3) is 0 Å². The highest BCUT2D eigenvalue weighted by Crippen LogP contribution is 2.30. The van der Waals surface area contributed by atoms with Gasteiger partial charge in [-0.25, -0.2) is 0 Å². The summed E-state index contributed by atoms with van der Waals surface area (Å²) in [6.45, 7) is 8.38. The van der Waals surface area contributed by atoms with Gasteiger partial charge in [-0.3, -0.25) is 9.88 Å². The van der Waals surface area contributed by atoms with Gasteiger partial charge in [0, 0.05) is 42.9 Å². The molecule has 0 spiro atoms. The van der Waals surface area contributed by atoms with Crippen LogP contribution in [0.1, 0.15) is 32.3 Å². The molecule has 0 amide bonds. The zero-order valence-electron chi connectivity index (χ0n) is 15.6. The number of pyridine rings is 1. The van der Waals surface area contributed by atoms with Crippen LogP contribution < -0.4 is 4.90 Å². The topological polar surface area (TPSA) is 52.4 Å². The molecule has 4 rings (SSSR count). The van der Waals surface area contributed by atoms with Crippen LogP contribution in [0.3, 0.4) is 0 Å². The summed E-state index contributed by atoms with van der Waals surface area (Å²) >= 11 is 0. The van der Waals surface area contributed by atoms with Gasteiger partial charge in [0.2, 0.25) is 0 Å². The standard InChI is InChI=1S/C21H26N4O/c1-15-5-4-10-24(15)13-18-14-25(12-16(2)26-18)20-8-7-17(11-22)21-19(20)6-3-9-23-21/h3,6-9,15-16,18H,4-5,10,12-14H2,1-2H3/t15?,16-,18+/m1/s1.